The Morgan fingerprint density at radius 2 is 1.94 bits per heavy atom. The summed E-state index contributed by atoms with van der Waals surface area (Å²) in [5.74, 6) is 0.805. The number of morpholine rings is 1. The zero-order valence-corrected chi connectivity index (χ0v) is 20.3. The van der Waals surface area contributed by atoms with Gasteiger partial charge in [0, 0.05) is 50.3 Å². The van der Waals surface area contributed by atoms with Crippen LogP contribution >= 0.6 is 0 Å². The van der Waals surface area contributed by atoms with Gasteiger partial charge in [-0.1, -0.05) is 18.2 Å². The topological polar surface area (TPSA) is 97.1 Å². The summed E-state index contributed by atoms with van der Waals surface area (Å²) in [4.78, 5) is 30.0. The minimum atomic E-state index is -0.359. The van der Waals surface area contributed by atoms with Crippen molar-refractivity contribution in [1.82, 2.24) is 19.6 Å². The highest BCUT2D eigenvalue weighted by Gasteiger charge is 2.33. The van der Waals surface area contributed by atoms with E-state index in [1.807, 2.05) is 36.1 Å². The van der Waals surface area contributed by atoms with Crippen molar-refractivity contribution in [2.24, 2.45) is 0 Å². The Hall–Kier alpha value is -2.91. The summed E-state index contributed by atoms with van der Waals surface area (Å²) in [7, 11) is 0. The standard InChI is InChI=1S/C26H34N4O5/c1-18-5-2-3-8-23(18)35-19-9-11-28(12-10-19)24(32)16-30-22-7-4-6-21(22)25(27-30)26(33)29-13-14-34-20(15-29)17-31/h2-3,5,8,19-20,31H,4,6-7,9-17H2,1H3. The monoisotopic (exact) mass is 482 g/mol. The molecule has 0 spiro atoms. The maximum atomic E-state index is 13.2. The number of carbonyl (C=O) groups excluding carboxylic acids is 2. The number of benzene rings is 1. The predicted molar refractivity (Wildman–Crippen MR) is 128 cm³/mol. The van der Waals surface area contributed by atoms with Crippen LogP contribution in [-0.2, 0) is 28.9 Å². The van der Waals surface area contributed by atoms with Crippen LogP contribution in [-0.4, -0.2) is 88.1 Å². The van der Waals surface area contributed by atoms with Gasteiger partial charge in [-0.2, -0.15) is 5.10 Å². The number of piperidine rings is 1. The third-order valence-corrected chi connectivity index (χ3v) is 7.31. The van der Waals surface area contributed by atoms with Crippen LogP contribution in [0, 0.1) is 6.92 Å². The van der Waals surface area contributed by atoms with E-state index in [0.717, 1.165) is 54.7 Å². The Kier molecular flexibility index (Phi) is 7.06. The van der Waals surface area contributed by atoms with Crippen molar-refractivity contribution < 1.29 is 24.2 Å². The Balaban J connectivity index is 1.21. The maximum absolute atomic E-state index is 13.2. The first kappa shape index (κ1) is 23.8. The van der Waals surface area contributed by atoms with Crippen molar-refractivity contribution in [2.75, 3.05) is 39.4 Å². The quantitative estimate of drug-likeness (QED) is 0.672. The fourth-order valence-electron chi connectivity index (χ4n) is 5.30. The SMILES string of the molecule is Cc1ccccc1OC1CCN(C(=O)Cn2nc(C(=O)N3CCOC(CO)C3)c3c2CCC3)CC1. The van der Waals surface area contributed by atoms with Gasteiger partial charge in [0.1, 0.15) is 18.4 Å². The van der Waals surface area contributed by atoms with Gasteiger partial charge in [-0.05, 0) is 37.8 Å². The number of para-hydroxylation sites is 1. The first-order chi connectivity index (χ1) is 17.0. The van der Waals surface area contributed by atoms with Crippen LogP contribution in [0.1, 0.15) is 46.6 Å². The van der Waals surface area contributed by atoms with Gasteiger partial charge in [0.2, 0.25) is 5.91 Å². The van der Waals surface area contributed by atoms with Crippen LogP contribution in [0.5, 0.6) is 5.75 Å². The summed E-state index contributed by atoms with van der Waals surface area (Å²) in [6.07, 6.45) is 3.94. The number of rotatable bonds is 6. The molecule has 1 unspecified atom stereocenters. The summed E-state index contributed by atoms with van der Waals surface area (Å²) in [6, 6.07) is 8.01. The van der Waals surface area contributed by atoms with Gasteiger partial charge < -0.3 is 24.4 Å². The molecule has 1 aromatic heterocycles. The first-order valence-electron chi connectivity index (χ1n) is 12.6. The molecule has 1 aliphatic carbocycles. The minimum absolute atomic E-state index is 0.0299. The van der Waals surface area contributed by atoms with Crippen LogP contribution in [0.15, 0.2) is 24.3 Å². The Morgan fingerprint density at radius 1 is 1.14 bits per heavy atom. The average molecular weight is 483 g/mol. The molecule has 2 fully saturated rings. The Morgan fingerprint density at radius 3 is 2.71 bits per heavy atom. The normalized spacial score (nSPS) is 20.7. The highest BCUT2D eigenvalue weighted by Crippen LogP contribution is 2.27. The summed E-state index contributed by atoms with van der Waals surface area (Å²) in [5.41, 5.74) is 3.55. The number of fused-ring (bicyclic) bond motifs is 1. The van der Waals surface area contributed by atoms with Gasteiger partial charge in [0.05, 0.1) is 19.3 Å². The third-order valence-electron chi connectivity index (χ3n) is 7.31. The largest absolute Gasteiger partial charge is 0.490 e. The van der Waals surface area contributed by atoms with E-state index in [4.69, 9.17) is 9.47 Å². The van der Waals surface area contributed by atoms with Crippen molar-refractivity contribution >= 4 is 11.8 Å². The van der Waals surface area contributed by atoms with Gasteiger partial charge in [0.25, 0.3) is 5.91 Å². The lowest BCUT2D eigenvalue weighted by molar-refractivity contribution is -0.133. The second-order valence-electron chi connectivity index (χ2n) is 9.68. The molecule has 9 nitrogen and oxygen atoms in total. The van der Waals surface area contributed by atoms with E-state index in [9.17, 15) is 14.7 Å². The maximum Gasteiger partial charge on any atom is 0.274 e. The van der Waals surface area contributed by atoms with Crippen molar-refractivity contribution in [3.05, 3.63) is 46.8 Å². The number of hydrogen-bond acceptors (Lipinski definition) is 6. The van der Waals surface area contributed by atoms with E-state index >= 15 is 0 Å². The van der Waals surface area contributed by atoms with E-state index in [0.29, 0.717) is 38.5 Å². The van der Waals surface area contributed by atoms with Crippen LogP contribution in [0.25, 0.3) is 0 Å². The molecule has 3 aliphatic rings. The molecule has 2 saturated heterocycles. The zero-order valence-electron chi connectivity index (χ0n) is 20.3. The van der Waals surface area contributed by atoms with Crippen LogP contribution < -0.4 is 4.74 Å². The van der Waals surface area contributed by atoms with Crippen LogP contribution in [0.3, 0.4) is 0 Å². The Labute approximate surface area is 205 Å². The molecule has 5 rings (SSSR count). The van der Waals surface area contributed by atoms with Gasteiger partial charge in [0.15, 0.2) is 5.69 Å². The Bertz CT molecular complexity index is 1080. The van der Waals surface area contributed by atoms with Gasteiger partial charge in [-0.3, -0.25) is 14.3 Å². The third kappa shape index (κ3) is 5.06. The lowest BCUT2D eigenvalue weighted by Gasteiger charge is -2.32. The molecule has 3 heterocycles. The smallest absolute Gasteiger partial charge is 0.274 e. The molecule has 0 saturated carbocycles. The van der Waals surface area contributed by atoms with Crippen molar-refractivity contribution in [3.8, 4) is 5.75 Å². The molecular formula is C26H34N4O5. The molecule has 0 bridgehead atoms. The molecular weight excluding hydrogens is 448 g/mol. The number of aromatic nitrogens is 2. The van der Waals surface area contributed by atoms with E-state index in [1.54, 1.807) is 9.58 Å². The summed E-state index contributed by atoms with van der Waals surface area (Å²) >= 11 is 0. The number of aryl methyl sites for hydroxylation is 1. The molecule has 1 atom stereocenters. The second kappa shape index (κ2) is 10.4. The molecule has 0 radical (unpaired) electrons. The van der Waals surface area contributed by atoms with Gasteiger partial charge >= 0.3 is 0 Å². The highest BCUT2D eigenvalue weighted by atomic mass is 16.5. The van der Waals surface area contributed by atoms with Crippen molar-refractivity contribution in [3.63, 3.8) is 0 Å². The molecule has 2 aliphatic heterocycles. The first-order valence-corrected chi connectivity index (χ1v) is 12.6. The molecule has 1 aromatic carbocycles. The minimum Gasteiger partial charge on any atom is -0.490 e. The highest BCUT2D eigenvalue weighted by molar-refractivity contribution is 5.94. The number of ether oxygens (including phenoxy) is 2. The summed E-state index contributed by atoms with van der Waals surface area (Å²) in [5, 5.41) is 14.0. The lowest BCUT2D eigenvalue weighted by atomic mass is 10.1. The number of hydrogen-bond donors (Lipinski definition) is 1. The fraction of sp³-hybridized carbons (Fsp3) is 0.577. The predicted octanol–water partition coefficient (Wildman–Crippen LogP) is 1.58. The molecule has 2 amide bonds. The number of aliphatic hydroxyl groups excluding tert-OH is 1. The van der Waals surface area contributed by atoms with Gasteiger partial charge in [-0.15, -0.1) is 0 Å². The van der Waals surface area contributed by atoms with Crippen molar-refractivity contribution in [2.45, 2.75) is 57.8 Å². The number of likely N-dealkylation sites (tertiary alicyclic amines) is 1. The van der Waals surface area contributed by atoms with E-state index in [2.05, 4.69) is 5.10 Å². The number of nitrogens with zero attached hydrogens (tertiary/aromatic N) is 4. The van der Waals surface area contributed by atoms with E-state index < -0.39 is 0 Å². The van der Waals surface area contributed by atoms with Gasteiger partial charge in [-0.25, -0.2) is 0 Å². The van der Waals surface area contributed by atoms with Crippen LogP contribution in [0.2, 0.25) is 0 Å². The zero-order chi connectivity index (χ0) is 24.4. The van der Waals surface area contributed by atoms with Crippen LogP contribution in [0.4, 0.5) is 0 Å². The summed E-state index contributed by atoms with van der Waals surface area (Å²) < 4.78 is 13.4. The molecule has 1 N–H and O–H groups in total. The van der Waals surface area contributed by atoms with Crippen molar-refractivity contribution in [1.29, 1.82) is 0 Å². The molecule has 35 heavy (non-hydrogen) atoms. The lowest BCUT2D eigenvalue weighted by Crippen LogP contribution is -2.47. The molecule has 9 heteroatoms. The summed E-state index contributed by atoms with van der Waals surface area (Å²) in [6.45, 7) is 4.63. The number of aliphatic hydroxyl groups is 1. The number of amides is 2. The number of carbonyl (C=O) groups is 2. The average Bonchev–Trinajstić information content (AvgIpc) is 3.49. The fourth-order valence-corrected chi connectivity index (χ4v) is 5.30. The second-order valence-corrected chi connectivity index (χ2v) is 9.68. The molecule has 2 aromatic rings. The van der Waals surface area contributed by atoms with E-state index in [1.165, 1.54) is 0 Å². The van der Waals surface area contributed by atoms with E-state index in [-0.39, 0.29) is 37.2 Å². The molecule has 188 valence electrons.